The number of rotatable bonds is 5. The molecule has 0 aliphatic carbocycles. The van der Waals surface area contributed by atoms with Gasteiger partial charge < -0.3 is 10.1 Å². The van der Waals surface area contributed by atoms with Gasteiger partial charge in [0.15, 0.2) is 11.6 Å². The van der Waals surface area contributed by atoms with Crippen molar-refractivity contribution in [2.75, 3.05) is 7.11 Å². The van der Waals surface area contributed by atoms with E-state index in [1.54, 1.807) is 37.1 Å². The Kier molecular flexibility index (Phi) is 5.33. The Morgan fingerprint density at radius 2 is 1.94 bits per heavy atom. The molecule has 4 rings (SSSR count). The van der Waals surface area contributed by atoms with Gasteiger partial charge in [-0.05, 0) is 36.8 Å². The number of aryl methyl sites for hydroxylation is 2. The van der Waals surface area contributed by atoms with Crippen molar-refractivity contribution in [3.8, 4) is 5.75 Å². The molecule has 4 aromatic rings. The number of hydrogen-bond acceptors (Lipinski definition) is 5. The van der Waals surface area contributed by atoms with E-state index in [9.17, 15) is 13.6 Å². The predicted molar refractivity (Wildman–Crippen MR) is 110 cm³/mol. The zero-order valence-electron chi connectivity index (χ0n) is 17.1. The lowest BCUT2D eigenvalue weighted by Crippen LogP contribution is -2.29. The number of nitrogens with zero attached hydrogens (tertiary/aromatic N) is 4. The van der Waals surface area contributed by atoms with Crippen LogP contribution in [0.2, 0.25) is 0 Å². The van der Waals surface area contributed by atoms with Crippen LogP contribution in [0.25, 0.3) is 10.9 Å². The molecule has 1 N–H and O–H groups in total. The van der Waals surface area contributed by atoms with E-state index in [2.05, 4.69) is 20.4 Å². The van der Waals surface area contributed by atoms with Gasteiger partial charge in [-0.25, -0.2) is 18.7 Å². The number of benzene rings is 2. The summed E-state index contributed by atoms with van der Waals surface area (Å²) in [6.07, 6.45) is 4.67. The quantitative estimate of drug-likeness (QED) is 0.532. The molecule has 31 heavy (non-hydrogen) atoms. The van der Waals surface area contributed by atoms with Crippen molar-refractivity contribution in [2.24, 2.45) is 7.05 Å². The van der Waals surface area contributed by atoms with E-state index in [1.807, 2.05) is 0 Å². The topological polar surface area (TPSA) is 81.9 Å². The van der Waals surface area contributed by atoms with E-state index < -0.39 is 23.6 Å². The number of ether oxygens (including phenoxy) is 1. The number of amides is 1. The van der Waals surface area contributed by atoms with Crippen molar-refractivity contribution in [3.63, 3.8) is 0 Å². The van der Waals surface area contributed by atoms with Gasteiger partial charge >= 0.3 is 0 Å². The third kappa shape index (κ3) is 4.07. The zero-order valence-corrected chi connectivity index (χ0v) is 17.1. The molecule has 9 heteroatoms. The SMILES string of the molecule is COc1ccc([C@H](NC(=O)c2cc(F)c3cnc(C)nc3c2)c2cnn(C)c2)cc1F. The van der Waals surface area contributed by atoms with Crippen molar-refractivity contribution in [1.29, 1.82) is 0 Å². The Balaban J connectivity index is 1.72. The van der Waals surface area contributed by atoms with Crippen LogP contribution in [0.5, 0.6) is 5.75 Å². The lowest BCUT2D eigenvalue weighted by atomic mass is 10.0. The van der Waals surface area contributed by atoms with Crippen LogP contribution in [0.3, 0.4) is 0 Å². The first-order valence-corrected chi connectivity index (χ1v) is 9.41. The van der Waals surface area contributed by atoms with Crippen LogP contribution in [-0.2, 0) is 7.05 Å². The molecule has 0 fully saturated rings. The first kappa shape index (κ1) is 20.4. The molecule has 0 bridgehead atoms. The normalized spacial score (nSPS) is 12.0. The fraction of sp³-hybridized carbons (Fsp3) is 0.182. The van der Waals surface area contributed by atoms with Gasteiger partial charge in [-0.1, -0.05) is 6.07 Å². The summed E-state index contributed by atoms with van der Waals surface area (Å²) >= 11 is 0. The van der Waals surface area contributed by atoms with Crippen LogP contribution in [0, 0.1) is 18.6 Å². The summed E-state index contributed by atoms with van der Waals surface area (Å²) < 4.78 is 35.4. The van der Waals surface area contributed by atoms with Crippen molar-refractivity contribution in [1.82, 2.24) is 25.1 Å². The second kappa shape index (κ2) is 8.10. The Morgan fingerprint density at radius 3 is 2.61 bits per heavy atom. The highest BCUT2D eigenvalue weighted by atomic mass is 19.1. The smallest absolute Gasteiger partial charge is 0.252 e. The molecule has 7 nitrogen and oxygen atoms in total. The van der Waals surface area contributed by atoms with Crippen LogP contribution in [0.4, 0.5) is 8.78 Å². The maximum absolute atomic E-state index is 14.5. The molecule has 1 atom stereocenters. The monoisotopic (exact) mass is 423 g/mol. The van der Waals surface area contributed by atoms with Gasteiger partial charge in [-0.3, -0.25) is 9.48 Å². The Bertz CT molecular complexity index is 1290. The van der Waals surface area contributed by atoms with Gasteiger partial charge in [0.25, 0.3) is 5.91 Å². The molecule has 0 aliphatic rings. The van der Waals surface area contributed by atoms with E-state index >= 15 is 0 Å². The fourth-order valence-corrected chi connectivity index (χ4v) is 3.34. The number of carbonyl (C=O) groups excluding carboxylic acids is 1. The number of aromatic nitrogens is 4. The standard InChI is InChI=1S/C22H19F2N5O2/c1-12-25-10-16-17(23)7-14(8-19(16)27-12)22(30)28-21(15-9-26-29(2)11-15)13-4-5-20(31-3)18(24)6-13/h4-11,21H,1-3H3,(H,28,30)/t21-/m0/s1. The van der Waals surface area contributed by atoms with Crippen LogP contribution in [0.15, 0.2) is 48.9 Å². The predicted octanol–water partition coefficient (Wildman–Crippen LogP) is 3.48. The molecule has 2 aromatic heterocycles. The molecule has 0 saturated heterocycles. The van der Waals surface area contributed by atoms with Crippen LogP contribution in [0.1, 0.15) is 33.4 Å². The van der Waals surface area contributed by atoms with E-state index in [4.69, 9.17) is 4.74 Å². The number of halogens is 2. The molecule has 0 aliphatic heterocycles. The van der Waals surface area contributed by atoms with E-state index in [0.717, 1.165) is 6.07 Å². The third-order valence-corrected chi connectivity index (χ3v) is 4.88. The fourth-order valence-electron chi connectivity index (χ4n) is 3.34. The van der Waals surface area contributed by atoms with Crippen molar-refractivity contribution >= 4 is 16.8 Å². The van der Waals surface area contributed by atoms with Gasteiger partial charge in [0, 0.05) is 30.6 Å². The number of hydrogen-bond donors (Lipinski definition) is 1. The van der Waals surface area contributed by atoms with E-state index in [-0.39, 0.29) is 16.7 Å². The highest BCUT2D eigenvalue weighted by molar-refractivity contribution is 5.98. The summed E-state index contributed by atoms with van der Waals surface area (Å²) in [4.78, 5) is 21.2. The minimum atomic E-state index is -0.715. The van der Waals surface area contributed by atoms with Crippen molar-refractivity contribution in [2.45, 2.75) is 13.0 Å². The molecular formula is C22H19F2N5O2. The van der Waals surface area contributed by atoms with Gasteiger partial charge in [0.05, 0.1) is 30.3 Å². The highest BCUT2D eigenvalue weighted by Gasteiger charge is 2.22. The molecule has 1 amide bonds. The summed E-state index contributed by atoms with van der Waals surface area (Å²) in [6.45, 7) is 1.68. The average Bonchev–Trinajstić information content (AvgIpc) is 3.17. The molecule has 0 unspecified atom stereocenters. The second-order valence-corrected chi connectivity index (χ2v) is 7.06. The summed E-state index contributed by atoms with van der Waals surface area (Å²) in [5, 5.41) is 7.20. The highest BCUT2D eigenvalue weighted by Crippen LogP contribution is 2.27. The first-order valence-electron chi connectivity index (χ1n) is 9.41. The molecular weight excluding hydrogens is 404 g/mol. The van der Waals surface area contributed by atoms with Crippen molar-refractivity contribution < 1.29 is 18.3 Å². The van der Waals surface area contributed by atoms with E-state index in [0.29, 0.717) is 22.5 Å². The molecule has 0 spiro atoms. The maximum atomic E-state index is 14.5. The Hall–Kier alpha value is -3.88. The number of fused-ring (bicyclic) bond motifs is 1. The lowest BCUT2D eigenvalue weighted by Gasteiger charge is -2.19. The molecule has 158 valence electrons. The molecule has 2 heterocycles. The molecule has 0 radical (unpaired) electrons. The minimum absolute atomic E-state index is 0.0889. The van der Waals surface area contributed by atoms with Gasteiger partial charge in [-0.15, -0.1) is 0 Å². The van der Waals surface area contributed by atoms with Gasteiger partial charge in [0.1, 0.15) is 11.6 Å². The molecule has 2 aromatic carbocycles. The number of methoxy groups -OCH3 is 1. The summed E-state index contributed by atoms with van der Waals surface area (Å²) in [5.74, 6) is -1.15. The lowest BCUT2D eigenvalue weighted by molar-refractivity contribution is 0.0942. The second-order valence-electron chi connectivity index (χ2n) is 7.06. The van der Waals surface area contributed by atoms with E-state index in [1.165, 1.54) is 31.5 Å². The van der Waals surface area contributed by atoms with Crippen LogP contribution in [-0.4, -0.2) is 32.8 Å². The first-order chi connectivity index (χ1) is 14.9. The number of nitrogens with one attached hydrogen (secondary N) is 1. The minimum Gasteiger partial charge on any atom is -0.494 e. The van der Waals surface area contributed by atoms with Crippen molar-refractivity contribution in [3.05, 3.63) is 83.1 Å². The Morgan fingerprint density at radius 1 is 1.13 bits per heavy atom. The van der Waals surface area contributed by atoms with Gasteiger partial charge in [-0.2, -0.15) is 5.10 Å². The van der Waals surface area contributed by atoms with Crippen LogP contribution < -0.4 is 10.1 Å². The Labute approximate surface area is 176 Å². The summed E-state index contributed by atoms with van der Waals surface area (Å²) in [7, 11) is 3.11. The third-order valence-electron chi connectivity index (χ3n) is 4.88. The number of carbonyl (C=O) groups is 1. The summed E-state index contributed by atoms with van der Waals surface area (Å²) in [5.41, 5.74) is 1.54. The molecule has 0 saturated carbocycles. The summed E-state index contributed by atoms with van der Waals surface area (Å²) in [6, 6.07) is 6.33. The van der Waals surface area contributed by atoms with Gasteiger partial charge in [0.2, 0.25) is 0 Å². The largest absolute Gasteiger partial charge is 0.494 e. The maximum Gasteiger partial charge on any atom is 0.252 e. The zero-order chi connectivity index (χ0) is 22.1. The van der Waals surface area contributed by atoms with Crippen LogP contribution >= 0.6 is 0 Å². The average molecular weight is 423 g/mol.